The fraction of sp³-hybridized carbons (Fsp3) is 0.167. The minimum absolute atomic E-state index is 0.554. The molecular formula is C12H14N4O2. The zero-order chi connectivity index (χ0) is 12.6. The van der Waals surface area contributed by atoms with Crippen LogP contribution in [0, 0.1) is 0 Å². The van der Waals surface area contributed by atoms with Crippen LogP contribution < -0.4 is 10.2 Å². The molecule has 0 amide bonds. The Morgan fingerprint density at radius 2 is 2.22 bits per heavy atom. The Labute approximate surface area is 105 Å². The third kappa shape index (κ3) is 3.60. The highest BCUT2D eigenvalue weighted by atomic mass is 16.5. The lowest BCUT2D eigenvalue weighted by Crippen LogP contribution is -2.06. The number of hydrogen-bond donors (Lipinski definition) is 2. The van der Waals surface area contributed by atoms with E-state index in [0.29, 0.717) is 18.2 Å². The van der Waals surface area contributed by atoms with E-state index in [1.165, 1.54) is 6.34 Å². The summed E-state index contributed by atoms with van der Waals surface area (Å²) in [6, 6.07) is 7.44. The fourth-order valence-electron chi connectivity index (χ4n) is 1.41. The number of aliphatic imine (C=N–C) groups is 1. The lowest BCUT2D eigenvalue weighted by molar-refractivity contribution is 0.240. The zero-order valence-corrected chi connectivity index (χ0v) is 9.73. The second-order valence-electron chi connectivity index (χ2n) is 3.51. The molecule has 0 bridgehead atoms. The van der Waals surface area contributed by atoms with Gasteiger partial charge in [-0.1, -0.05) is 0 Å². The molecule has 2 aromatic heterocycles. The number of nitrogens with zero attached hydrogens (tertiary/aromatic N) is 3. The SMILES string of the molecule is ONC=Nc1ccc(OCCn2cccc2)nc1. The molecule has 0 radical (unpaired) electrons. The van der Waals surface area contributed by atoms with Crippen LogP contribution in [0.2, 0.25) is 0 Å². The molecular weight excluding hydrogens is 232 g/mol. The van der Waals surface area contributed by atoms with Gasteiger partial charge in [-0.25, -0.2) is 9.98 Å². The van der Waals surface area contributed by atoms with E-state index in [2.05, 4.69) is 9.98 Å². The van der Waals surface area contributed by atoms with Crippen molar-refractivity contribution < 1.29 is 9.94 Å². The van der Waals surface area contributed by atoms with Gasteiger partial charge in [-0.05, 0) is 18.2 Å². The average Bonchev–Trinajstić information content (AvgIpc) is 2.91. The van der Waals surface area contributed by atoms with Gasteiger partial charge in [0.1, 0.15) is 12.9 Å². The van der Waals surface area contributed by atoms with Crippen molar-refractivity contribution in [1.29, 1.82) is 0 Å². The third-order valence-corrected chi connectivity index (χ3v) is 2.26. The minimum atomic E-state index is 0.554. The van der Waals surface area contributed by atoms with Gasteiger partial charge in [0.15, 0.2) is 0 Å². The third-order valence-electron chi connectivity index (χ3n) is 2.26. The summed E-state index contributed by atoms with van der Waals surface area (Å²) in [4.78, 5) is 7.97. The number of rotatable bonds is 6. The van der Waals surface area contributed by atoms with Gasteiger partial charge in [-0.15, -0.1) is 0 Å². The van der Waals surface area contributed by atoms with Crippen LogP contribution >= 0.6 is 0 Å². The van der Waals surface area contributed by atoms with Crippen molar-refractivity contribution in [3.05, 3.63) is 42.9 Å². The normalized spacial score (nSPS) is 10.7. The second kappa shape index (κ2) is 6.41. The van der Waals surface area contributed by atoms with Gasteiger partial charge >= 0.3 is 0 Å². The van der Waals surface area contributed by atoms with Gasteiger partial charge in [0.25, 0.3) is 0 Å². The lowest BCUT2D eigenvalue weighted by atomic mass is 10.4. The van der Waals surface area contributed by atoms with E-state index in [4.69, 9.17) is 9.94 Å². The van der Waals surface area contributed by atoms with Crippen molar-refractivity contribution in [2.45, 2.75) is 6.54 Å². The predicted molar refractivity (Wildman–Crippen MR) is 67.2 cm³/mol. The summed E-state index contributed by atoms with van der Waals surface area (Å²) < 4.78 is 7.52. The maximum Gasteiger partial charge on any atom is 0.213 e. The summed E-state index contributed by atoms with van der Waals surface area (Å²) in [5, 5.41) is 8.34. The Morgan fingerprint density at radius 1 is 1.39 bits per heavy atom. The number of aromatic nitrogens is 2. The number of ether oxygens (including phenoxy) is 1. The van der Waals surface area contributed by atoms with E-state index < -0.39 is 0 Å². The quantitative estimate of drug-likeness (QED) is 0.461. The van der Waals surface area contributed by atoms with Gasteiger partial charge in [0.2, 0.25) is 5.88 Å². The summed E-state index contributed by atoms with van der Waals surface area (Å²) in [5.74, 6) is 0.554. The smallest absolute Gasteiger partial charge is 0.213 e. The predicted octanol–water partition coefficient (Wildman–Crippen LogP) is 1.60. The highest BCUT2D eigenvalue weighted by Gasteiger charge is 1.96. The standard InChI is InChI=1S/C12H14N4O2/c17-15-10-14-11-3-4-12(13-9-11)18-8-7-16-5-1-2-6-16/h1-6,9-10,17H,7-8H2,(H,14,15). The molecule has 18 heavy (non-hydrogen) atoms. The molecule has 0 saturated heterocycles. The summed E-state index contributed by atoms with van der Waals surface area (Å²) in [5.41, 5.74) is 2.46. The van der Waals surface area contributed by atoms with Crippen molar-refractivity contribution in [2.75, 3.05) is 6.61 Å². The van der Waals surface area contributed by atoms with Gasteiger partial charge in [-0.2, -0.15) is 0 Å². The van der Waals surface area contributed by atoms with Gasteiger partial charge in [0, 0.05) is 18.5 Å². The van der Waals surface area contributed by atoms with Crippen molar-refractivity contribution in [2.24, 2.45) is 4.99 Å². The van der Waals surface area contributed by atoms with Crippen molar-refractivity contribution in [3.8, 4) is 5.88 Å². The number of hydroxylamine groups is 1. The van der Waals surface area contributed by atoms with Crippen LogP contribution in [-0.2, 0) is 6.54 Å². The van der Waals surface area contributed by atoms with Gasteiger partial charge in [0.05, 0.1) is 18.4 Å². The lowest BCUT2D eigenvalue weighted by Gasteiger charge is -2.05. The Bertz CT molecular complexity index is 479. The highest BCUT2D eigenvalue weighted by Crippen LogP contribution is 2.13. The molecule has 2 heterocycles. The molecule has 94 valence electrons. The molecule has 6 nitrogen and oxygen atoms in total. The first-order chi connectivity index (χ1) is 8.88. The van der Waals surface area contributed by atoms with Crippen LogP contribution in [0.15, 0.2) is 47.8 Å². The van der Waals surface area contributed by atoms with Crippen LogP contribution in [0.3, 0.4) is 0 Å². The molecule has 0 fully saturated rings. The first-order valence-corrected chi connectivity index (χ1v) is 5.50. The number of hydrogen-bond acceptors (Lipinski definition) is 4. The second-order valence-corrected chi connectivity index (χ2v) is 3.51. The van der Waals surface area contributed by atoms with Crippen LogP contribution in [-0.4, -0.2) is 27.7 Å². The van der Waals surface area contributed by atoms with Gasteiger partial charge in [-0.3, -0.25) is 10.7 Å². The van der Waals surface area contributed by atoms with Crippen LogP contribution in [0.1, 0.15) is 0 Å². The topological polar surface area (TPSA) is 71.7 Å². The molecule has 0 atom stereocenters. The Balaban J connectivity index is 1.81. The Kier molecular flexibility index (Phi) is 4.32. The molecule has 0 aliphatic carbocycles. The summed E-state index contributed by atoms with van der Waals surface area (Å²) in [7, 11) is 0. The number of nitrogens with one attached hydrogen (secondary N) is 1. The van der Waals surface area contributed by atoms with Crippen LogP contribution in [0.5, 0.6) is 5.88 Å². The van der Waals surface area contributed by atoms with Crippen LogP contribution in [0.4, 0.5) is 5.69 Å². The first kappa shape index (κ1) is 12.1. The van der Waals surface area contributed by atoms with E-state index in [0.717, 1.165) is 6.54 Å². The van der Waals surface area contributed by atoms with Crippen molar-refractivity contribution in [3.63, 3.8) is 0 Å². The summed E-state index contributed by atoms with van der Waals surface area (Å²) in [6.07, 6.45) is 6.70. The first-order valence-electron chi connectivity index (χ1n) is 5.50. The summed E-state index contributed by atoms with van der Waals surface area (Å²) >= 11 is 0. The van der Waals surface area contributed by atoms with E-state index in [-0.39, 0.29) is 0 Å². The van der Waals surface area contributed by atoms with E-state index in [9.17, 15) is 0 Å². The van der Waals surface area contributed by atoms with E-state index in [1.807, 2.05) is 34.6 Å². The zero-order valence-electron chi connectivity index (χ0n) is 9.73. The minimum Gasteiger partial charge on any atom is -0.476 e. The Hall–Kier alpha value is -2.34. The largest absolute Gasteiger partial charge is 0.476 e. The molecule has 0 aliphatic heterocycles. The summed E-state index contributed by atoms with van der Waals surface area (Å²) in [6.45, 7) is 1.34. The number of pyridine rings is 1. The average molecular weight is 246 g/mol. The molecule has 2 rings (SSSR count). The molecule has 0 aromatic carbocycles. The van der Waals surface area contributed by atoms with Crippen LogP contribution in [0.25, 0.3) is 0 Å². The maximum atomic E-state index is 8.34. The Morgan fingerprint density at radius 3 is 2.89 bits per heavy atom. The van der Waals surface area contributed by atoms with Crippen molar-refractivity contribution >= 4 is 12.0 Å². The monoisotopic (exact) mass is 246 g/mol. The highest BCUT2D eigenvalue weighted by molar-refractivity contribution is 5.59. The van der Waals surface area contributed by atoms with Crippen molar-refractivity contribution in [1.82, 2.24) is 15.0 Å². The molecule has 2 aromatic rings. The molecule has 0 saturated carbocycles. The molecule has 6 heteroatoms. The maximum absolute atomic E-state index is 8.34. The van der Waals surface area contributed by atoms with E-state index >= 15 is 0 Å². The van der Waals surface area contributed by atoms with E-state index in [1.54, 1.807) is 18.3 Å². The molecule has 0 spiro atoms. The molecule has 0 aliphatic rings. The molecule has 2 N–H and O–H groups in total. The fourth-order valence-corrected chi connectivity index (χ4v) is 1.41. The molecule has 0 unspecified atom stereocenters. The van der Waals surface area contributed by atoms with Gasteiger partial charge < -0.3 is 9.30 Å².